The molecule has 0 aliphatic heterocycles. The van der Waals surface area contributed by atoms with Crippen molar-refractivity contribution in [3.8, 4) is 0 Å². The van der Waals surface area contributed by atoms with Gasteiger partial charge in [0.1, 0.15) is 5.58 Å². The molecule has 0 fully saturated rings. The predicted molar refractivity (Wildman–Crippen MR) is 86.7 cm³/mol. The van der Waals surface area contributed by atoms with Crippen LogP contribution in [-0.4, -0.2) is 10.8 Å². The van der Waals surface area contributed by atoms with Crippen LogP contribution in [0.5, 0.6) is 0 Å². The quantitative estimate of drug-likeness (QED) is 0.580. The van der Waals surface area contributed by atoms with Crippen molar-refractivity contribution in [1.82, 2.24) is 0 Å². The average molecular weight is 310 g/mol. The first-order valence-electron chi connectivity index (χ1n) is 7.02. The maximum atomic E-state index is 12.4. The zero-order valence-electron chi connectivity index (χ0n) is 12.6. The Labute approximate surface area is 131 Å². The molecule has 2 aromatic carbocycles. The normalized spacial score (nSPS) is 10.7. The summed E-state index contributed by atoms with van der Waals surface area (Å²) < 4.78 is 5.70. The average Bonchev–Trinajstić information content (AvgIpc) is 2.86. The molecule has 1 heterocycles. The van der Waals surface area contributed by atoms with Gasteiger partial charge in [0, 0.05) is 28.8 Å². The predicted octanol–water partition coefficient (Wildman–Crippen LogP) is 4.21. The minimum absolute atomic E-state index is 0.0834. The molecule has 0 aliphatic rings. The lowest BCUT2D eigenvalue weighted by atomic mass is 10.1. The van der Waals surface area contributed by atoms with Gasteiger partial charge in [-0.3, -0.25) is 14.9 Å². The number of nitrogens with one attached hydrogen (secondary N) is 1. The lowest BCUT2D eigenvalue weighted by Gasteiger charge is -2.03. The second-order valence-electron chi connectivity index (χ2n) is 5.27. The number of furan rings is 1. The summed E-state index contributed by atoms with van der Waals surface area (Å²) in [6, 6.07) is 11.5. The molecule has 0 bridgehead atoms. The van der Waals surface area contributed by atoms with Crippen LogP contribution in [0.15, 0.2) is 46.9 Å². The molecule has 0 atom stereocenters. The third kappa shape index (κ3) is 2.66. The number of carbonyl (C=O) groups excluding carboxylic acids is 1. The van der Waals surface area contributed by atoms with E-state index in [1.54, 1.807) is 6.07 Å². The first kappa shape index (κ1) is 14.8. The number of carbonyl (C=O) groups is 1. The van der Waals surface area contributed by atoms with E-state index in [1.807, 2.05) is 32.0 Å². The number of aryl methyl sites for hydroxylation is 2. The fraction of sp³-hybridized carbons (Fsp3) is 0.118. The van der Waals surface area contributed by atoms with Gasteiger partial charge in [0.25, 0.3) is 11.6 Å². The van der Waals surface area contributed by atoms with Crippen LogP contribution in [-0.2, 0) is 0 Å². The van der Waals surface area contributed by atoms with E-state index >= 15 is 0 Å². The van der Waals surface area contributed by atoms with E-state index in [1.165, 1.54) is 18.2 Å². The van der Waals surface area contributed by atoms with E-state index in [0.29, 0.717) is 11.3 Å². The van der Waals surface area contributed by atoms with Crippen LogP contribution in [0.3, 0.4) is 0 Å². The SMILES string of the molecule is Cc1c(C(=O)Nc2cccc([N+](=O)[O-])c2)oc2c(C)cccc12. The van der Waals surface area contributed by atoms with E-state index in [2.05, 4.69) is 5.32 Å². The summed E-state index contributed by atoms with van der Waals surface area (Å²) in [5.41, 5.74) is 2.63. The summed E-state index contributed by atoms with van der Waals surface area (Å²) in [4.78, 5) is 22.7. The van der Waals surface area contributed by atoms with Gasteiger partial charge in [-0.25, -0.2) is 0 Å². The van der Waals surface area contributed by atoms with Crippen molar-refractivity contribution in [1.29, 1.82) is 0 Å². The lowest BCUT2D eigenvalue weighted by molar-refractivity contribution is -0.384. The second-order valence-corrected chi connectivity index (χ2v) is 5.27. The molecule has 3 rings (SSSR count). The standard InChI is InChI=1S/C17H14N2O4/c1-10-5-3-8-14-11(2)16(23-15(10)14)17(20)18-12-6-4-7-13(9-12)19(21)22/h3-9H,1-2H3,(H,18,20). The van der Waals surface area contributed by atoms with Crippen molar-refractivity contribution in [3.05, 3.63) is 69.5 Å². The lowest BCUT2D eigenvalue weighted by Crippen LogP contribution is -2.12. The number of hydrogen-bond acceptors (Lipinski definition) is 4. The van der Waals surface area contributed by atoms with E-state index in [0.717, 1.165) is 16.5 Å². The molecule has 0 saturated carbocycles. The van der Waals surface area contributed by atoms with Gasteiger partial charge in [-0.1, -0.05) is 24.3 Å². The number of rotatable bonds is 3. The van der Waals surface area contributed by atoms with Gasteiger partial charge < -0.3 is 9.73 Å². The van der Waals surface area contributed by atoms with Crippen molar-refractivity contribution in [3.63, 3.8) is 0 Å². The summed E-state index contributed by atoms with van der Waals surface area (Å²) in [6.45, 7) is 3.72. The minimum atomic E-state index is -0.508. The number of amides is 1. The third-order valence-corrected chi connectivity index (χ3v) is 3.68. The van der Waals surface area contributed by atoms with E-state index in [-0.39, 0.29) is 11.4 Å². The molecular formula is C17H14N2O4. The Morgan fingerprint density at radius 2 is 1.91 bits per heavy atom. The zero-order chi connectivity index (χ0) is 16.6. The number of fused-ring (bicyclic) bond motifs is 1. The Bertz CT molecular complexity index is 927. The van der Waals surface area contributed by atoms with Crippen LogP contribution in [0.4, 0.5) is 11.4 Å². The summed E-state index contributed by atoms with van der Waals surface area (Å²) in [6.07, 6.45) is 0. The molecule has 23 heavy (non-hydrogen) atoms. The maximum Gasteiger partial charge on any atom is 0.291 e. The monoisotopic (exact) mass is 310 g/mol. The smallest absolute Gasteiger partial charge is 0.291 e. The maximum absolute atomic E-state index is 12.4. The Morgan fingerprint density at radius 1 is 1.17 bits per heavy atom. The highest BCUT2D eigenvalue weighted by atomic mass is 16.6. The molecule has 0 spiro atoms. The van der Waals surface area contributed by atoms with Gasteiger partial charge >= 0.3 is 0 Å². The molecule has 3 aromatic rings. The fourth-order valence-electron chi connectivity index (χ4n) is 2.49. The molecular weight excluding hydrogens is 296 g/mol. The van der Waals surface area contributed by atoms with Crippen molar-refractivity contribution in [2.75, 3.05) is 5.32 Å². The molecule has 0 radical (unpaired) electrons. The number of para-hydroxylation sites is 1. The van der Waals surface area contributed by atoms with Crippen molar-refractivity contribution in [2.45, 2.75) is 13.8 Å². The summed E-state index contributed by atoms with van der Waals surface area (Å²) in [5, 5.41) is 14.3. The number of nitrogens with zero attached hydrogens (tertiary/aromatic N) is 1. The first-order valence-corrected chi connectivity index (χ1v) is 7.02. The molecule has 0 aliphatic carbocycles. The number of benzene rings is 2. The van der Waals surface area contributed by atoms with Crippen LogP contribution in [0.25, 0.3) is 11.0 Å². The second kappa shape index (κ2) is 5.57. The molecule has 6 heteroatoms. The van der Waals surface area contributed by atoms with E-state index in [9.17, 15) is 14.9 Å². The van der Waals surface area contributed by atoms with Crippen LogP contribution in [0.1, 0.15) is 21.7 Å². The number of nitro benzene ring substituents is 1. The number of nitro groups is 1. The third-order valence-electron chi connectivity index (χ3n) is 3.68. The zero-order valence-corrected chi connectivity index (χ0v) is 12.6. The largest absolute Gasteiger partial charge is 0.450 e. The van der Waals surface area contributed by atoms with Gasteiger partial charge in [0.05, 0.1) is 4.92 Å². The van der Waals surface area contributed by atoms with Gasteiger partial charge in [-0.05, 0) is 25.5 Å². The van der Waals surface area contributed by atoms with E-state index in [4.69, 9.17) is 4.42 Å². The molecule has 0 saturated heterocycles. The van der Waals surface area contributed by atoms with Gasteiger partial charge in [-0.15, -0.1) is 0 Å². The molecule has 1 N–H and O–H groups in total. The van der Waals surface area contributed by atoms with Gasteiger partial charge in [0.15, 0.2) is 5.76 Å². The van der Waals surface area contributed by atoms with E-state index < -0.39 is 10.8 Å². The molecule has 1 amide bonds. The van der Waals surface area contributed by atoms with Crippen LogP contribution >= 0.6 is 0 Å². The highest BCUT2D eigenvalue weighted by molar-refractivity contribution is 6.06. The molecule has 6 nitrogen and oxygen atoms in total. The van der Waals surface area contributed by atoms with Crippen LogP contribution in [0, 0.1) is 24.0 Å². The van der Waals surface area contributed by atoms with Gasteiger partial charge in [-0.2, -0.15) is 0 Å². The Balaban J connectivity index is 1.95. The topological polar surface area (TPSA) is 85.4 Å². The summed E-state index contributed by atoms with van der Waals surface area (Å²) in [7, 11) is 0. The first-order chi connectivity index (χ1) is 11.0. The Kier molecular flexibility index (Phi) is 3.57. The molecule has 0 unspecified atom stereocenters. The highest BCUT2D eigenvalue weighted by Gasteiger charge is 2.19. The summed E-state index contributed by atoms with van der Waals surface area (Å²) >= 11 is 0. The minimum Gasteiger partial charge on any atom is -0.450 e. The number of hydrogen-bond donors (Lipinski definition) is 1. The van der Waals surface area contributed by atoms with Crippen molar-refractivity contribution in [2.24, 2.45) is 0 Å². The highest BCUT2D eigenvalue weighted by Crippen LogP contribution is 2.28. The summed E-state index contributed by atoms with van der Waals surface area (Å²) in [5.74, 6) is -0.223. The Morgan fingerprint density at radius 3 is 2.61 bits per heavy atom. The number of non-ortho nitro benzene ring substituents is 1. The van der Waals surface area contributed by atoms with Gasteiger partial charge in [0.2, 0.25) is 0 Å². The fourth-order valence-corrected chi connectivity index (χ4v) is 2.49. The molecule has 1 aromatic heterocycles. The van der Waals surface area contributed by atoms with Crippen LogP contribution in [0.2, 0.25) is 0 Å². The molecule has 116 valence electrons. The Hall–Kier alpha value is -3.15. The van der Waals surface area contributed by atoms with Crippen LogP contribution < -0.4 is 5.32 Å². The number of anilines is 1. The van der Waals surface area contributed by atoms with Crippen molar-refractivity contribution >= 4 is 28.3 Å². The van der Waals surface area contributed by atoms with Crippen molar-refractivity contribution < 1.29 is 14.1 Å².